The Labute approximate surface area is 111 Å². The van der Waals surface area contributed by atoms with E-state index in [4.69, 9.17) is 5.73 Å². The van der Waals surface area contributed by atoms with Gasteiger partial charge in [-0.1, -0.05) is 12.8 Å². The fourth-order valence-corrected chi connectivity index (χ4v) is 3.03. The monoisotopic (exact) mass is 275 g/mol. The van der Waals surface area contributed by atoms with E-state index in [1.165, 1.54) is 0 Å². The molecular formula is C13H20F3N3. The molecule has 1 aromatic rings. The standard InChI is InChI=1S/C13H20F3N3/c1-19-7-6-18-12(19)8-11(17)9-4-2-3-5-10(9)13(14,15)16/h6-7,9-11H,2-5,8,17H2,1H3. The Kier molecular flexibility index (Phi) is 4.18. The van der Waals surface area contributed by atoms with E-state index in [0.717, 1.165) is 12.2 Å². The highest BCUT2D eigenvalue weighted by Crippen LogP contribution is 2.42. The Balaban J connectivity index is 2.07. The minimum Gasteiger partial charge on any atom is -0.338 e. The van der Waals surface area contributed by atoms with Crippen LogP contribution >= 0.6 is 0 Å². The largest absolute Gasteiger partial charge is 0.392 e. The molecule has 1 aromatic heterocycles. The number of nitrogens with zero attached hydrogens (tertiary/aromatic N) is 2. The third kappa shape index (κ3) is 3.29. The number of alkyl halides is 3. The first-order valence-electron chi connectivity index (χ1n) is 6.68. The van der Waals surface area contributed by atoms with E-state index in [2.05, 4.69) is 4.98 Å². The molecule has 2 rings (SSSR count). The molecule has 0 spiro atoms. The lowest BCUT2D eigenvalue weighted by Gasteiger charge is -2.36. The maximum absolute atomic E-state index is 13.0. The molecule has 0 aromatic carbocycles. The Bertz CT molecular complexity index is 414. The summed E-state index contributed by atoms with van der Waals surface area (Å²) in [6, 6.07) is -0.479. The SMILES string of the molecule is Cn1ccnc1CC(N)C1CCCCC1C(F)(F)F. The van der Waals surface area contributed by atoms with Gasteiger partial charge in [0.1, 0.15) is 5.82 Å². The second-order valence-electron chi connectivity index (χ2n) is 5.42. The number of aryl methyl sites for hydroxylation is 1. The molecule has 3 nitrogen and oxygen atoms in total. The highest BCUT2D eigenvalue weighted by molar-refractivity contribution is 4.97. The Morgan fingerprint density at radius 2 is 2.11 bits per heavy atom. The van der Waals surface area contributed by atoms with Gasteiger partial charge in [0.05, 0.1) is 5.92 Å². The molecule has 0 bridgehead atoms. The predicted molar refractivity (Wildman–Crippen MR) is 66.4 cm³/mol. The Morgan fingerprint density at radius 3 is 2.68 bits per heavy atom. The fraction of sp³-hybridized carbons (Fsp3) is 0.769. The zero-order valence-electron chi connectivity index (χ0n) is 11.0. The van der Waals surface area contributed by atoms with Crippen LogP contribution in [0.15, 0.2) is 12.4 Å². The van der Waals surface area contributed by atoms with Crippen LogP contribution in [0.3, 0.4) is 0 Å². The van der Waals surface area contributed by atoms with Crippen molar-refractivity contribution in [1.82, 2.24) is 9.55 Å². The maximum atomic E-state index is 13.0. The molecule has 1 saturated carbocycles. The van der Waals surface area contributed by atoms with Crippen LogP contribution in [0.5, 0.6) is 0 Å². The van der Waals surface area contributed by atoms with Gasteiger partial charge >= 0.3 is 6.18 Å². The average molecular weight is 275 g/mol. The lowest BCUT2D eigenvalue weighted by atomic mass is 9.74. The van der Waals surface area contributed by atoms with Gasteiger partial charge in [-0.25, -0.2) is 4.98 Å². The summed E-state index contributed by atoms with van der Waals surface area (Å²) in [5, 5.41) is 0. The lowest BCUT2D eigenvalue weighted by Crippen LogP contribution is -2.44. The van der Waals surface area contributed by atoms with Crippen molar-refractivity contribution in [3.05, 3.63) is 18.2 Å². The molecule has 0 amide bonds. The first kappa shape index (κ1) is 14.4. The van der Waals surface area contributed by atoms with Crippen LogP contribution < -0.4 is 5.73 Å². The first-order valence-corrected chi connectivity index (χ1v) is 6.68. The number of halogens is 3. The first-order chi connectivity index (χ1) is 8.89. The van der Waals surface area contributed by atoms with Crippen molar-refractivity contribution in [2.45, 2.75) is 44.3 Å². The van der Waals surface area contributed by atoms with Crippen molar-refractivity contribution in [2.24, 2.45) is 24.6 Å². The number of imidazole rings is 1. The summed E-state index contributed by atoms with van der Waals surface area (Å²) in [7, 11) is 1.83. The second-order valence-corrected chi connectivity index (χ2v) is 5.42. The number of aromatic nitrogens is 2. The van der Waals surface area contributed by atoms with E-state index in [1.54, 1.807) is 12.4 Å². The van der Waals surface area contributed by atoms with Gasteiger partial charge in [-0.05, 0) is 18.8 Å². The summed E-state index contributed by atoms with van der Waals surface area (Å²) in [5.74, 6) is -0.985. The summed E-state index contributed by atoms with van der Waals surface area (Å²) in [4.78, 5) is 4.14. The van der Waals surface area contributed by atoms with Gasteiger partial charge in [0.25, 0.3) is 0 Å². The molecule has 0 aliphatic heterocycles. The number of hydrogen-bond acceptors (Lipinski definition) is 2. The summed E-state index contributed by atoms with van der Waals surface area (Å²) >= 11 is 0. The zero-order chi connectivity index (χ0) is 14.0. The maximum Gasteiger partial charge on any atom is 0.392 e. The van der Waals surface area contributed by atoms with E-state index < -0.39 is 24.1 Å². The number of rotatable bonds is 3. The van der Waals surface area contributed by atoms with Gasteiger partial charge in [0, 0.05) is 31.9 Å². The van der Waals surface area contributed by atoms with E-state index in [9.17, 15) is 13.2 Å². The highest BCUT2D eigenvalue weighted by Gasteiger charge is 2.47. The molecule has 19 heavy (non-hydrogen) atoms. The molecule has 2 N–H and O–H groups in total. The van der Waals surface area contributed by atoms with Crippen molar-refractivity contribution in [3.8, 4) is 0 Å². The minimum atomic E-state index is -4.13. The molecular weight excluding hydrogens is 255 g/mol. The molecule has 3 unspecified atom stereocenters. The van der Waals surface area contributed by atoms with Crippen LogP contribution in [-0.4, -0.2) is 21.8 Å². The van der Waals surface area contributed by atoms with Crippen LogP contribution in [0.2, 0.25) is 0 Å². The molecule has 1 aliphatic rings. The summed E-state index contributed by atoms with van der Waals surface area (Å²) in [5.41, 5.74) is 6.04. The Morgan fingerprint density at radius 1 is 1.42 bits per heavy atom. The summed E-state index contributed by atoms with van der Waals surface area (Å²) in [6.45, 7) is 0. The topological polar surface area (TPSA) is 43.8 Å². The second kappa shape index (κ2) is 5.53. The van der Waals surface area contributed by atoms with E-state index in [1.807, 2.05) is 11.6 Å². The van der Waals surface area contributed by atoms with E-state index >= 15 is 0 Å². The van der Waals surface area contributed by atoms with Gasteiger partial charge < -0.3 is 10.3 Å². The quantitative estimate of drug-likeness (QED) is 0.921. The molecule has 108 valence electrons. The van der Waals surface area contributed by atoms with Crippen LogP contribution in [0.1, 0.15) is 31.5 Å². The summed E-state index contributed by atoms with van der Waals surface area (Å²) in [6.07, 6.45) is 1.96. The smallest absolute Gasteiger partial charge is 0.338 e. The minimum absolute atomic E-state index is 0.211. The summed E-state index contributed by atoms with van der Waals surface area (Å²) < 4.78 is 40.9. The van der Waals surface area contributed by atoms with Gasteiger partial charge in [0.15, 0.2) is 0 Å². The molecule has 1 heterocycles. The predicted octanol–water partition coefficient (Wildman–Crippen LogP) is 2.66. The van der Waals surface area contributed by atoms with Crippen molar-refractivity contribution in [3.63, 3.8) is 0 Å². The molecule has 1 aliphatic carbocycles. The van der Waals surface area contributed by atoms with Crippen LogP contribution in [-0.2, 0) is 13.5 Å². The highest BCUT2D eigenvalue weighted by atomic mass is 19.4. The molecule has 1 fully saturated rings. The zero-order valence-corrected chi connectivity index (χ0v) is 11.0. The fourth-order valence-electron chi connectivity index (χ4n) is 3.03. The van der Waals surface area contributed by atoms with Crippen LogP contribution in [0.4, 0.5) is 13.2 Å². The van der Waals surface area contributed by atoms with Crippen molar-refractivity contribution in [2.75, 3.05) is 0 Å². The van der Waals surface area contributed by atoms with Gasteiger partial charge in [-0.3, -0.25) is 0 Å². The third-order valence-corrected chi connectivity index (χ3v) is 4.13. The van der Waals surface area contributed by atoms with Crippen molar-refractivity contribution < 1.29 is 13.2 Å². The number of nitrogens with two attached hydrogens (primary N) is 1. The average Bonchev–Trinajstić information content (AvgIpc) is 2.74. The Hall–Kier alpha value is -1.04. The van der Waals surface area contributed by atoms with E-state index in [-0.39, 0.29) is 6.42 Å². The van der Waals surface area contributed by atoms with Gasteiger partial charge in [-0.2, -0.15) is 13.2 Å². The molecule has 3 atom stereocenters. The normalized spacial score (nSPS) is 26.4. The molecule has 0 radical (unpaired) electrons. The van der Waals surface area contributed by atoms with Crippen molar-refractivity contribution in [1.29, 1.82) is 0 Å². The molecule has 6 heteroatoms. The van der Waals surface area contributed by atoms with Crippen molar-refractivity contribution >= 4 is 0 Å². The van der Waals surface area contributed by atoms with Gasteiger partial charge in [0.2, 0.25) is 0 Å². The van der Waals surface area contributed by atoms with E-state index in [0.29, 0.717) is 19.3 Å². The molecule has 0 saturated heterocycles. The number of hydrogen-bond donors (Lipinski definition) is 1. The lowest BCUT2D eigenvalue weighted by molar-refractivity contribution is -0.198. The van der Waals surface area contributed by atoms with Crippen LogP contribution in [0.25, 0.3) is 0 Å². The van der Waals surface area contributed by atoms with Crippen LogP contribution in [0, 0.1) is 11.8 Å². The third-order valence-electron chi connectivity index (χ3n) is 4.13. The van der Waals surface area contributed by atoms with Gasteiger partial charge in [-0.15, -0.1) is 0 Å².